The van der Waals surface area contributed by atoms with Gasteiger partial charge in [0.2, 0.25) is 5.91 Å². The zero-order chi connectivity index (χ0) is 23.6. The molecule has 1 amide bonds. The highest BCUT2D eigenvalue weighted by Gasteiger charge is 2.29. The first-order valence-corrected chi connectivity index (χ1v) is 12.2. The molecule has 0 bridgehead atoms. The van der Waals surface area contributed by atoms with E-state index in [0.29, 0.717) is 30.4 Å². The highest BCUT2D eigenvalue weighted by molar-refractivity contribution is 7.92. The molecular weight excluding hydrogens is 487 g/mol. The molecule has 1 heterocycles. The normalized spacial score (nSPS) is 12.8. The van der Waals surface area contributed by atoms with Crippen LogP contribution in [0.1, 0.15) is 5.56 Å². The third-order valence-electron chi connectivity index (χ3n) is 4.92. The molecule has 0 radical (unpaired) electrons. The fraction of sp³-hybridized carbons (Fsp3) is 0.174. The zero-order valence-electron chi connectivity index (χ0n) is 17.5. The predicted molar refractivity (Wildman–Crippen MR) is 128 cm³/mol. The summed E-state index contributed by atoms with van der Waals surface area (Å²) in [7, 11) is -4.13. The van der Waals surface area contributed by atoms with Crippen molar-refractivity contribution in [3.8, 4) is 11.5 Å². The average molecular weight is 507 g/mol. The quantitative estimate of drug-likeness (QED) is 0.513. The molecule has 1 N–H and O–H groups in total. The van der Waals surface area contributed by atoms with Crippen molar-refractivity contribution in [3.05, 3.63) is 76.3 Å². The van der Waals surface area contributed by atoms with E-state index in [-0.39, 0.29) is 20.6 Å². The fourth-order valence-electron chi connectivity index (χ4n) is 3.27. The van der Waals surface area contributed by atoms with Gasteiger partial charge in [-0.3, -0.25) is 9.10 Å². The maximum Gasteiger partial charge on any atom is 0.264 e. The second-order valence-electron chi connectivity index (χ2n) is 7.30. The first-order chi connectivity index (χ1) is 15.8. The van der Waals surface area contributed by atoms with Crippen molar-refractivity contribution in [2.75, 3.05) is 29.4 Å². The lowest BCUT2D eigenvalue weighted by atomic mass is 10.2. The van der Waals surface area contributed by atoms with Gasteiger partial charge in [-0.15, -0.1) is 0 Å². The van der Waals surface area contributed by atoms with Crippen molar-refractivity contribution in [1.29, 1.82) is 0 Å². The number of halogens is 2. The Hall–Kier alpha value is -2.94. The Kier molecular flexibility index (Phi) is 6.69. The number of aryl methyl sites for hydroxylation is 1. The highest BCUT2D eigenvalue weighted by atomic mass is 35.5. The lowest BCUT2D eigenvalue weighted by Crippen LogP contribution is -2.38. The molecule has 0 atom stereocenters. The summed E-state index contributed by atoms with van der Waals surface area (Å²) < 4.78 is 38.9. The van der Waals surface area contributed by atoms with Gasteiger partial charge in [0, 0.05) is 11.8 Å². The van der Waals surface area contributed by atoms with E-state index in [2.05, 4.69) is 5.32 Å². The van der Waals surface area contributed by atoms with E-state index >= 15 is 0 Å². The summed E-state index contributed by atoms with van der Waals surface area (Å²) in [5.74, 6) is 0.507. The van der Waals surface area contributed by atoms with Crippen molar-refractivity contribution in [1.82, 2.24) is 0 Å². The molecular formula is C23H20Cl2N2O5S. The Labute approximate surface area is 201 Å². The molecule has 0 aliphatic carbocycles. The Morgan fingerprint density at radius 1 is 1.00 bits per heavy atom. The summed E-state index contributed by atoms with van der Waals surface area (Å²) in [4.78, 5) is 13.0. The van der Waals surface area contributed by atoms with E-state index in [4.69, 9.17) is 32.7 Å². The van der Waals surface area contributed by atoms with E-state index in [9.17, 15) is 13.2 Å². The van der Waals surface area contributed by atoms with E-state index < -0.39 is 22.5 Å². The molecule has 3 aromatic rings. The summed E-state index contributed by atoms with van der Waals surface area (Å²) in [5.41, 5.74) is 1.44. The molecule has 10 heteroatoms. The van der Waals surface area contributed by atoms with Crippen LogP contribution in [0.3, 0.4) is 0 Å². The number of carbonyl (C=O) groups excluding carboxylic acids is 1. The Morgan fingerprint density at radius 3 is 2.42 bits per heavy atom. The third-order valence-corrected chi connectivity index (χ3v) is 7.50. The number of anilines is 2. The largest absolute Gasteiger partial charge is 0.486 e. The minimum atomic E-state index is -4.13. The Bertz CT molecular complexity index is 1300. The van der Waals surface area contributed by atoms with Crippen LogP contribution in [-0.4, -0.2) is 34.1 Å². The first-order valence-electron chi connectivity index (χ1n) is 9.98. The number of nitrogens with one attached hydrogen (secondary N) is 1. The van der Waals surface area contributed by atoms with Gasteiger partial charge in [0.25, 0.3) is 10.0 Å². The van der Waals surface area contributed by atoms with Gasteiger partial charge in [0.15, 0.2) is 11.5 Å². The number of ether oxygens (including phenoxy) is 2. The molecule has 1 aliphatic rings. The SMILES string of the molecule is Cc1ccc(S(=O)(=O)N(CC(=O)Nc2ccc3c(c2)OCCO3)c2cccc(Cl)c2Cl)cc1. The lowest BCUT2D eigenvalue weighted by Gasteiger charge is -2.25. The molecule has 33 heavy (non-hydrogen) atoms. The highest BCUT2D eigenvalue weighted by Crippen LogP contribution is 2.36. The minimum Gasteiger partial charge on any atom is -0.486 e. The molecule has 0 unspecified atom stereocenters. The molecule has 7 nitrogen and oxygen atoms in total. The topological polar surface area (TPSA) is 84.9 Å². The van der Waals surface area contributed by atoms with Gasteiger partial charge in [-0.25, -0.2) is 8.42 Å². The average Bonchev–Trinajstić information content (AvgIpc) is 2.80. The molecule has 172 valence electrons. The zero-order valence-corrected chi connectivity index (χ0v) is 19.9. The van der Waals surface area contributed by atoms with E-state index in [1.807, 2.05) is 6.92 Å². The van der Waals surface area contributed by atoms with E-state index in [0.717, 1.165) is 9.87 Å². The summed E-state index contributed by atoms with van der Waals surface area (Å²) in [6.07, 6.45) is 0. The van der Waals surface area contributed by atoms with Gasteiger partial charge < -0.3 is 14.8 Å². The molecule has 0 spiro atoms. The second kappa shape index (κ2) is 9.51. The minimum absolute atomic E-state index is 0.0243. The van der Waals surface area contributed by atoms with Crippen LogP contribution in [0.15, 0.2) is 65.6 Å². The Balaban J connectivity index is 1.65. The van der Waals surface area contributed by atoms with Crippen molar-refractivity contribution >= 4 is 50.5 Å². The van der Waals surface area contributed by atoms with Crippen molar-refractivity contribution in [3.63, 3.8) is 0 Å². The molecule has 0 saturated carbocycles. The number of carbonyl (C=O) groups is 1. The monoisotopic (exact) mass is 506 g/mol. The summed E-state index contributed by atoms with van der Waals surface area (Å²) in [5, 5.41) is 2.90. The number of hydrogen-bond donors (Lipinski definition) is 1. The van der Waals surface area contributed by atoms with Crippen LogP contribution in [-0.2, 0) is 14.8 Å². The van der Waals surface area contributed by atoms with Crippen LogP contribution in [0.25, 0.3) is 0 Å². The number of amides is 1. The molecule has 4 rings (SSSR count). The summed E-state index contributed by atoms with van der Waals surface area (Å²) >= 11 is 12.5. The molecule has 0 aromatic heterocycles. The molecule has 1 aliphatic heterocycles. The molecule has 3 aromatic carbocycles. The van der Waals surface area contributed by atoms with Crippen LogP contribution in [0.4, 0.5) is 11.4 Å². The Morgan fingerprint density at radius 2 is 1.70 bits per heavy atom. The van der Waals surface area contributed by atoms with Gasteiger partial charge in [0.1, 0.15) is 19.8 Å². The van der Waals surface area contributed by atoms with Crippen molar-refractivity contribution in [2.45, 2.75) is 11.8 Å². The number of nitrogens with zero attached hydrogens (tertiary/aromatic N) is 1. The van der Waals surface area contributed by atoms with Crippen LogP contribution in [0.5, 0.6) is 11.5 Å². The number of sulfonamides is 1. The van der Waals surface area contributed by atoms with Crippen LogP contribution >= 0.6 is 23.2 Å². The van der Waals surface area contributed by atoms with Crippen molar-refractivity contribution < 1.29 is 22.7 Å². The first kappa shape index (κ1) is 23.2. The van der Waals surface area contributed by atoms with Gasteiger partial charge in [0.05, 0.1) is 20.6 Å². The van der Waals surface area contributed by atoms with Gasteiger partial charge in [-0.1, -0.05) is 47.0 Å². The lowest BCUT2D eigenvalue weighted by molar-refractivity contribution is -0.114. The number of rotatable bonds is 6. The molecule has 0 fully saturated rings. The van der Waals surface area contributed by atoms with Crippen LogP contribution in [0.2, 0.25) is 10.0 Å². The van der Waals surface area contributed by atoms with Crippen LogP contribution < -0.4 is 19.1 Å². The van der Waals surface area contributed by atoms with E-state index in [1.54, 1.807) is 42.5 Å². The second-order valence-corrected chi connectivity index (χ2v) is 9.95. The summed E-state index contributed by atoms with van der Waals surface area (Å²) in [6.45, 7) is 2.18. The van der Waals surface area contributed by atoms with Gasteiger partial charge in [-0.05, 0) is 43.3 Å². The standard InChI is InChI=1S/C23H20Cl2N2O5S/c1-15-5-8-17(9-6-15)33(29,30)27(19-4-2-3-18(24)23(19)25)14-22(28)26-16-7-10-20-21(13-16)32-12-11-31-20/h2-10,13H,11-12,14H2,1H3,(H,26,28). The maximum atomic E-state index is 13.5. The number of fused-ring (bicyclic) bond motifs is 1. The predicted octanol–water partition coefficient (Wildman–Crippen LogP) is 4.91. The van der Waals surface area contributed by atoms with Crippen LogP contribution in [0, 0.1) is 6.92 Å². The number of hydrogen-bond acceptors (Lipinski definition) is 5. The van der Waals surface area contributed by atoms with Gasteiger partial charge >= 0.3 is 0 Å². The fourth-order valence-corrected chi connectivity index (χ4v) is 5.15. The van der Waals surface area contributed by atoms with Crippen molar-refractivity contribution in [2.24, 2.45) is 0 Å². The van der Waals surface area contributed by atoms with Gasteiger partial charge in [-0.2, -0.15) is 0 Å². The smallest absolute Gasteiger partial charge is 0.264 e. The molecule has 0 saturated heterocycles. The maximum absolute atomic E-state index is 13.5. The third kappa shape index (κ3) is 5.03. The summed E-state index contributed by atoms with van der Waals surface area (Å²) in [6, 6.07) is 15.9. The number of benzene rings is 3. The van der Waals surface area contributed by atoms with E-state index in [1.165, 1.54) is 18.2 Å².